The minimum atomic E-state index is 0.599. The van der Waals surface area contributed by atoms with E-state index in [4.69, 9.17) is 15.2 Å². The third-order valence-corrected chi connectivity index (χ3v) is 2.79. The largest absolute Gasteiger partial charge is 0.493 e. The van der Waals surface area contributed by atoms with E-state index >= 15 is 0 Å². The van der Waals surface area contributed by atoms with Gasteiger partial charge < -0.3 is 15.2 Å². The van der Waals surface area contributed by atoms with Crippen LogP contribution in [0, 0.1) is 6.92 Å². The van der Waals surface area contributed by atoms with Crippen LogP contribution in [0.5, 0.6) is 11.5 Å². The molecule has 0 saturated heterocycles. The number of anilines is 1. The molecule has 0 saturated carbocycles. The van der Waals surface area contributed by atoms with Gasteiger partial charge in [-0.05, 0) is 30.7 Å². The van der Waals surface area contributed by atoms with Crippen molar-refractivity contribution in [2.75, 3.05) is 18.9 Å². The monoisotopic (exact) mass is 257 g/mol. The first-order valence-electron chi connectivity index (χ1n) is 6.43. The van der Waals surface area contributed by atoms with Crippen molar-refractivity contribution >= 4 is 5.69 Å². The Morgan fingerprint density at radius 3 is 2.37 bits per heavy atom. The average molecular weight is 257 g/mol. The zero-order valence-electron chi connectivity index (χ0n) is 11.1. The lowest BCUT2D eigenvalue weighted by atomic mass is 10.2. The zero-order chi connectivity index (χ0) is 13.5. The van der Waals surface area contributed by atoms with E-state index in [9.17, 15) is 0 Å². The van der Waals surface area contributed by atoms with Crippen molar-refractivity contribution < 1.29 is 9.47 Å². The highest BCUT2D eigenvalue weighted by Gasteiger charge is 2.03. The van der Waals surface area contributed by atoms with Crippen molar-refractivity contribution in [3.05, 3.63) is 54.1 Å². The summed E-state index contributed by atoms with van der Waals surface area (Å²) in [6, 6.07) is 15.5. The molecule has 19 heavy (non-hydrogen) atoms. The second-order valence-corrected chi connectivity index (χ2v) is 4.36. The summed E-state index contributed by atoms with van der Waals surface area (Å²) in [5, 5.41) is 0. The number of benzene rings is 2. The highest BCUT2D eigenvalue weighted by Crippen LogP contribution is 2.25. The van der Waals surface area contributed by atoms with Crippen LogP contribution < -0.4 is 15.2 Å². The summed E-state index contributed by atoms with van der Waals surface area (Å²) in [6.45, 7) is 3.23. The number of nitrogens with two attached hydrogens (primary N) is 1. The molecule has 3 nitrogen and oxygen atoms in total. The van der Waals surface area contributed by atoms with Gasteiger partial charge in [-0.25, -0.2) is 0 Å². The van der Waals surface area contributed by atoms with Crippen LogP contribution in [0.4, 0.5) is 5.69 Å². The Labute approximate surface area is 114 Å². The number of para-hydroxylation sites is 2. The molecule has 0 aliphatic carbocycles. The van der Waals surface area contributed by atoms with Crippen LogP contribution in [-0.2, 0) is 0 Å². The minimum absolute atomic E-state index is 0.599. The molecule has 2 rings (SSSR count). The summed E-state index contributed by atoms with van der Waals surface area (Å²) in [7, 11) is 0. The Morgan fingerprint density at radius 2 is 1.63 bits per heavy atom. The van der Waals surface area contributed by atoms with Crippen molar-refractivity contribution in [3.63, 3.8) is 0 Å². The van der Waals surface area contributed by atoms with Crippen LogP contribution >= 0.6 is 0 Å². The van der Waals surface area contributed by atoms with E-state index in [-0.39, 0.29) is 0 Å². The van der Waals surface area contributed by atoms with Gasteiger partial charge in [0, 0.05) is 6.42 Å². The maximum Gasteiger partial charge on any atom is 0.145 e. The van der Waals surface area contributed by atoms with Gasteiger partial charge in [-0.3, -0.25) is 0 Å². The summed E-state index contributed by atoms with van der Waals surface area (Å²) >= 11 is 0. The first-order chi connectivity index (χ1) is 9.27. The lowest BCUT2D eigenvalue weighted by Gasteiger charge is -2.11. The SMILES string of the molecule is Cc1cccc(N)c1OCCCOc1ccccc1. The number of hydrogen-bond acceptors (Lipinski definition) is 3. The molecule has 0 unspecified atom stereocenters. The molecule has 0 aliphatic rings. The van der Waals surface area contributed by atoms with E-state index in [2.05, 4.69) is 0 Å². The first kappa shape index (κ1) is 13.3. The first-order valence-corrected chi connectivity index (χ1v) is 6.43. The van der Waals surface area contributed by atoms with Gasteiger partial charge in [-0.2, -0.15) is 0 Å². The molecule has 0 aromatic heterocycles. The molecular formula is C16H19NO2. The van der Waals surface area contributed by atoms with Gasteiger partial charge in [0.2, 0.25) is 0 Å². The van der Waals surface area contributed by atoms with Crippen LogP contribution in [0.25, 0.3) is 0 Å². The summed E-state index contributed by atoms with van der Waals surface area (Å²) in [4.78, 5) is 0. The summed E-state index contributed by atoms with van der Waals surface area (Å²) in [6.07, 6.45) is 0.822. The van der Waals surface area contributed by atoms with Crippen molar-refractivity contribution in [1.29, 1.82) is 0 Å². The zero-order valence-corrected chi connectivity index (χ0v) is 11.1. The number of nitrogen functional groups attached to an aromatic ring is 1. The van der Waals surface area contributed by atoms with Gasteiger partial charge in [0.05, 0.1) is 18.9 Å². The minimum Gasteiger partial charge on any atom is -0.493 e. The van der Waals surface area contributed by atoms with Crippen LogP contribution in [0.15, 0.2) is 48.5 Å². The van der Waals surface area contributed by atoms with Gasteiger partial charge in [-0.1, -0.05) is 30.3 Å². The fourth-order valence-electron chi connectivity index (χ4n) is 1.81. The molecule has 2 aromatic carbocycles. The Balaban J connectivity index is 1.73. The molecule has 2 N–H and O–H groups in total. The fourth-order valence-corrected chi connectivity index (χ4v) is 1.81. The lowest BCUT2D eigenvalue weighted by Crippen LogP contribution is -2.06. The standard InChI is InChI=1S/C16H19NO2/c1-13-7-5-10-15(17)16(13)19-12-6-11-18-14-8-3-2-4-9-14/h2-5,7-10H,6,11-12,17H2,1H3. The third kappa shape index (κ3) is 3.91. The molecule has 0 aliphatic heterocycles. The second-order valence-electron chi connectivity index (χ2n) is 4.36. The van der Waals surface area contributed by atoms with Gasteiger partial charge in [0.15, 0.2) is 0 Å². The smallest absolute Gasteiger partial charge is 0.145 e. The third-order valence-electron chi connectivity index (χ3n) is 2.79. The van der Waals surface area contributed by atoms with E-state index < -0.39 is 0 Å². The lowest BCUT2D eigenvalue weighted by molar-refractivity contribution is 0.247. The van der Waals surface area contributed by atoms with Gasteiger partial charge in [-0.15, -0.1) is 0 Å². The molecule has 0 radical (unpaired) electrons. The quantitative estimate of drug-likeness (QED) is 0.637. The fraction of sp³-hybridized carbons (Fsp3) is 0.250. The highest BCUT2D eigenvalue weighted by atomic mass is 16.5. The van der Waals surface area contributed by atoms with E-state index in [0.717, 1.165) is 23.5 Å². The normalized spacial score (nSPS) is 10.2. The molecular weight excluding hydrogens is 238 g/mol. The van der Waals surface area contributed by atoms with Crippen molar-refractivity contribution in [2.24, 2.45) is 0 Å². The van der Waals surface area contributed by atoms with Crippen LogP contribution in [0.2, 0.25) is 0 Å². The average Bonchev–Trinajstić information content (AvgIpc) is 2.42. The second kappa shape index (κ2) is 6.69. The Bertz CT molecular complexity index is 491. The van der Waals surface area contributed by atoms with E-state index in [1.54, 1.807) is 0 Å². The topological polar surface area (TPSA) is 44.5 Å². The van der Waals surface area contributed by atoms with E-state index in [0.29, 0.717) is 18.9 Å². The summed E-state index contributed by atoms with van der Waals surface area (Å²) < 4.78 is 11.3. The molecule has 0 heterocycles. The maximum atomic E-state index is 5.87. The van der Waals surface area contributed by atoms with Crippen LogP contribution in [0.3, 0.4) is 0 Å². The van der Waals surface area contributed by atoms with Crippen LogP contribution in [0.1, 0.15) is 12.0 Å². The molecule has 100 valence electrons. The highest BCUT2D eigenvalue weighted by molar-refractivity contribution is 5.56. The van der Waals surface area contributed by atoms with Gasteiger partial charge >= 0.3 is 0 Å². The number of hydrogen-bond donors (Lipinski definition) is 1. The van der Waals surface area contributed by atoms with E-state index in [1.807, 2.05) is 55.5 Å². The van der Waals surface area contributed by atoms with Crippen molar-refractivity contribution in [2.45, 2.75) is 13.3 Å². The molecule has 0 bridgehead atoms. The van der Waals surface area contributed by atoms with Crippen LogP contribution in [-0.4, -0.2) is 13.2 Å². The molecule has 0 fully saturated rings. The Hall–Kier alpha value is -2.16. The molecule has 0 amide bonds. The van der Waals surface area contributed by atoms with Crippen molar-refractivity contribution in [1.82, 2.24) is 0 Å². The summed E-state index contributed by atoms with van der Waals surface area (Å²) in [5.74, 6) is 1.67. The van der Waals surface area contributed by atoms with Gasteiger partial charge in [0.25, 0.3) is 0 Å². The maximum absolute atomic E-state index is 5.87. The van der Waals surface area contributed by atoms with E-state index in [1.165, 1.54) is 0 Å². The van der Waals surface area contributed by atoms with Gasteiger partial charge in [0.1, 0.15) is 11.5 Å². The number of aryl methyl sites for hydroxylation is 1. The van der Waals surface area contributed by atoms with Crippen molar-refractivity contribution in [3.8, 4) is 11.5 Å². The Kier molecular flexibility index (Phi) is 4.67. The Morgan fingerprint density at radius 1 is 0.895 bits per heavy atom. The molecule has 0 atom stereocenters. The molecule has 0 spiro atoms. The predicted octanol–water partition coefficient (Wildman–Crippen LogP) is 3.43. The summed E-state index contributed by atoms with van der Waals surface area (Å²) in [5.41, 5.74) is 7.61. The molecule has 2 aromatic rings. The number of rotatable bonds is 6. The molecule has 3 heteroatoms. The predicted molar refractivity (Wildman–Crippen MR) is 77.6 cm³/mol. The number of ether oxygens (including phenoxy) is 2.